The van der Waals surface area contributed by atoms with E-state index >= 15 is 0 Å². The number of nitrogens with one attached hydrogen (secondary N) is 1. The number of para-hydroxylation sites is 1. The van der Waals surface area contributed by atoms with Gasteiger partial charge in [-0.2, -0.15) is 11.8 Å². The number of carbonyl (C=O) groups is 1. The molecule has 2 aromatic carbocycles. The first-order valence-electron chi connectivity index (χ1n) is 11.6. The molecule has 180 valence electrons. The molecule has 1 aliphatic heterocycles. The molecule has 1 aromatic heterocycles. The summed E-state index contributed by atoms with van der Waals surface area (Å²) in [5.41, 5.74) is 3.81. The van der Waals surface area contributed by atoms with Crippen molar-refractivity contribution in [1.82, 2.24) is 9.36 Å². The van der Waals surface area contributed by atoms with E-state index in [4.69, 9.17) is 9.47 Å². The fraction of sp³-hybridized carbons (Fsp3) is 0.385. The molecule has 3 aromatic rings. The summed E-state index contributed by atoms with van der Waals surface area (Å²) in [5.74, 6) is 2.99. The predicted octanol–water partition coefficient (Wildman–Crippen LogP) is 4.47. The van der Waals surface area contributed by atoms with Gasteiger partial charge in [-0.3, -0.25) is 14.3 Å². The van der Waals surface area contributed by atoms with Crippen molar-refractivity contribution in [3.05, 3.63) is 69.6 Å². The van der Waals surface area contributed by atoms with Crippen LogP contribution in [0.1, 0.15) is 37.1 Å². The minimum Gasteiger partial charge on any atom is -0.494 e. The number of carbonyl (C=O) groups excluding carboxylic acids is 1. The highest BCUT2D eigenvalue weighted by atomic mass is 32.2. The van der Waals surface area contributed by atoms with Gasteiger partial charge in [0.1, 0.15) is 23.3 Å². The maximum atomic E-state index is 13.0. The van der Waals surface area contributed by atoms with Crippen LogP contribution in [0.3, 0.4) is 0 Å². The van der Waals surface area contributed by atoms with Gasteiger partial charge in [0, 0.05) is 42.5 Å². The summed E-state index contributed by atoms with van der Waals surface area (Å²) in [5, 5.41) is 2.83. The first-order chi connectivity index (χ1) is 16.4. The number of benzene rings is 2. The molecule has 7 nitrogen and oxygen atoms in total. The van der Waals surface area contributed by atoms with E-state index in [-0.39, 0.29) is 17.6 Å². The molecule has 4 rings (SSSR count). The quantitative estimate of drug-likeness (QED) is 0.457. The molecular formula is C26H31N3O4S. The summed E-state index contributed by atoms with van der Waals surface area (Å²) in [6.07, 6.45) is 1.39. The van der Waals surface area contributed by atoms with Crippen molar-refractivity contribution in [2.24, 2.45) is 7.05 Å². The van der Waals surface area contributed by atoms with E-state index in [2.05, 4.69) is 24.4 Å². The number of nitrogens with zero attached hydrogens (tertiary/aromatic N) is 2. The number of ether oxygens (including phenoxy) is 2. The van der Waals surface area contributed by atoms with E-state index < -0.39 is 0 Å². The number of amides is 1. The Morgan fingerprint density at radius 1 is 1.26 bits per heavy atom. The average Bonchev–Trinajstić information content (AvgIpc) is 3.28. The van der Waals surface area contributed by atoms with Crippen molar-refractivity contribution in [2.75, 3.05) is 17.7 Å². The first kappa shape index (κ1) is 24.0. The van der Waals surface area contributed by atoms with Gasteiger partial charge < -0.3 is 14.8 Å². The van der Waals surface area contributed by atoms with Crippen LogP contribution in [0.5, 0.6) is 11.5 Å². The Kier molecular flexibility index (Phi) is 7.36. The lowest BCUT2D eigenvalue weighted by atomic mass is 10.1. The Bertz CT molecular complexity index is 1230. The van der Waals surface area contributed by atoms with Gasteiger partial charge in [-0.15, -0.1) is 0 Å². The summed E-state index contributed by atoms with van der Waals surface area (Å²) in [4.78, 5) is 25.6. The van der Waals surface area contributed by atoms with Crippen LogP contribution in [-0.4, -0.2) is 33.7 Å². The third-order valence-electron chi connectivity index (χ3n) is 5.93. The van der Waals surface area contributed by atoms with Crippen LogP contribution >= 0.6 is 11.8 Å². The topological polar surface area (TPSA) is 74.5 Å². The number of hydrogen-bond acceptors (Lipinski definition) is 5. The lowest BCUT2D eigenvalue weighted by Crippen LogP contribution is -2.23. The van der Waals surface area contributed by atoms with Gasteiger partial charge in [0.05, 0.1) is 18.0 Å². The average molecular weight is 482 g/mol. The lowest BCUT2D eigenvalue weighted by molar-refractivity contribution is -0.115. The second-order valence-corrected chi connectivity index (χ2v) is 9.53. The zero-order valence-corrected chi connectivity index (χ0v) is 20.9. The van der Waals surface area contributed by atoms with Gasteiger partial charge in [0.25, 0.3) is 5.56 Å². The highest BCUT2D eigenvalue weighted by Gasteiger charge is 2.22. The Morgan fingerprint density at radius 3 is 2.76 bits per heavy atom. The lowest BCUT2D eigenvalue weighted by Gasteiger charge is -2.12. The molecule has 0 aliphatic carbocycles. The zero-order valence-electron chi connectivity index (χ0n) is 20.1. The molecular weight excluding hydrogens is 450 g/mol. The number of rotatable bonds is 9. The highest BCUT2D eigenvalue weighted by Crippen LogP contribution is 2.36. The van der Waals surface area contributed by atoms with E-state index in [1.807, 2.05) is 51.2 Å². The molecule has 8 heteroatoms. The molecule has 0 saturated carbocycles. The minimum atomic E-state index is -0.235. The second-order valence-electron chi connectivity index (χ2n) is 8.42. The van der Waals surface area contributed by atoms with Crippen molar-refractivity contribution in [3.8, 4) is 17.2 Å². The summed E-state index contributed by atoms with van der Waals surface area (Å²) < 4.78 is 15.1. The maximum absolute atomic E-state index is 13.0. The smallest absolute Gasteiger partial charge is 0.295 e. The molecule has 0 spiro atoms. The van der Waals surface area contributed by atoms with Crippen LogP contribution in [0.25, 0.3) is 5.69 Å². The van der Waals surface area contributed by atoms with Crippen LogP contribution in [0.15, 0.2) is 47.3 Å². The summed E-state index contributed by atoms with van der Waals surface area (Å²) in [7, 11) is 1.81. The van der Waals surface area contributed by atoms with Crippen LogP contribution in [0, 0.1) is 6.92 Å². The monoisotopic (exact) mass is 481 g/mol. The van der Waals surface area contributed by atoms with Gasteiger partial charge in [-0.25, -0.2) is 4.68 Å². The van der Waals surface area contributed by atoms with Crippen molar-refractivity contribution in [1.29, 1.82) is 0 Å². The Hall–Kier alpha value is -3.13. The molecule has 1 unspecified atom stereocenters. The predicted molar refractivity (Wildman–Crippen MR) is 137 cm³/mol. The molecule has 1 N–H and O–H groups in total. The van der Waals surface area contributed by atoms with E-state index in [1.54, 1.807) is 21.1 Å². The van der Waals surface area contributed by atoms with E-state index in [0.717, 1.165) is 34.9 Å². The number of thioether (sulfide) groups is 1. The summed E-state index contributed by atoms with van der Waals surface area (Å²) in [6, 6.07) is 13.5. The SMILES string of the molecule is CCOc1cc2c(cc1CSCCC(=O)Nc1c(C)n(C)n(-c3ccccc3)c1=O)OC(C)C2. The van der Waals surface area contributed by atoms with Gasteiger partial charge in [-0.1, -0.05) is 18.2 Å². The third-order valence-corrected chi connectivity index (χ3v) is 6.94. The third kappa shape index (κ3) is 5.01. The fourth-order valence-corrected chi connectivity index (χ4v) is 5.06. The fourth-order valence-electron chi connectivity index (χ4n) is 4.15. The van der Waals surface area contributed by atoms with E-state index in [9.17, 15) is 9.59 Å². The molecule has 0 fully saturated rings. The largest absolute Gasteiger partial charge is 0.494 e. The molecule has 0 saturated heterocycles. The number of aromatic nitrogens is 2. The first-order valence-corrected chi connectivity index (χ1v) is 12.7. The minimum absolute atomic E-state index is 0.172. The Balaban J connectivity index is 1.36. The standard InChI is InChI=1S/C26H31N3O4S/c1-5-32-22-14-19-13-17(2)33-23(19)15-20(22)16-34-12-11-24(30)27-25-18(3)28(4)29(26(25)31)21-9-7-6-8-10-21/h6-10,14-15,17H,5,11-13,16H2,1-4H3,(H,27,30). The van der Waals surface area contributed by atoms with Crippen LogP contribution in [0.2, 0.25) is 0 Å². The van der Waals surface area contributed by atoms with Crippen molar-refractivity contribution in [2.45, 2.75) is 45.5 Å². The van der Waals surface area contributed by atoms with E-state index in [1.165, 1.54) is 5.56 Å². The second kappa shape index (κ2) is 10.4. The molecule has 0 bridgehead atoms. The van der Waals surface area contributed by atoms with Crippen molar-refractivity contribution < 1.29 is 14.3 Å². The van der Waals surface area contributed by atoms with Crippen LogP contribution < -0.4 is 20.3 Å². The molecule has 34 heavy (non-hydrogen) atoms. The van der Waals surface area contributed by atoms with Crippen molar-refractivity contribution in [3.63, 3.8) is 0 Å². The van der Waals surface area contributed by atoms with Gasteiger partial charge in [0.15, 0.2) is 0 Å². The number of fused-ring (bicyclic) bond motifs is 1. The molecule has 1 atom stereocenters. The molecule has 1 aliphatic rings. The van der Waals surface area contributed by atoms with Crippen LogP contribution in [-0.2, 0) is 24.0 Å². The Labute approximate surface area is 204 Å². The van der Waals surface area contributed by atoms with Gasteiger partial charge in [-0.05, 0) is 45.0 Å². The summed E-state index contributed by atoms with van der Waals surface area (Å²) >= 11 is 1.66. The molecule has 1 amide bonds. The normalized spacial score (nSPS) is 14.5. The molecule has 0 radical (unpaired) electrons. The highest BCUT2D eigenvalue weighted by molar-refractivity contribution is 7.98. The van der Waals surface area contributed by atoms with E-state index in [0.29, 0.717) is 30.2 Å². The molecule has 2 heterocycles. The zero-order chi connectivity index (χ0) is 24.2. The summed E-state index contributed by atoms with van der Waals surface area (Å²) in [6.45, 7) is 6.48. The Morgan fingerprint density at radius 2 is 2.03 bits per heavy atom. The van der Waals surface area contributed by atoms with Crippen molar-refractivity contribution >= 4 is 23.4 Å². The number of hydrogen-bond donors (Lipinski definition) is 1. The van der Waals surface area contributed by atoms with Gasteiger partial charge >= 0.3 is 0 Å². The maximum Gasteiger partial charge on any atom is 0.295 e. The number of anilines is 1. The van der Waals surface area contributed by atoms with Gasteiger partial charge in [0.2, 0.25) is 5.91 Å². The van der Waals surface area contributed by atoms with Crippen LogP contribution in [0.4, 0.5) is 5.69 Å².